The largest absolute Gasteiger partial charge is 0.355 e. The smallest absolute Gasteiger partial charge is 0.233 e. The molecule has 0 aliphatic heterocycles. The van der Waals surface area contributed by atoms with Crippen molar-refractivity contribution < 1.29 is 4.79 Å². The van der Waals surface area contributed by atoms with E-state index in [1.807, 2.05) is 18.3 Å². The minimum Gasteiger partial charge on any atom is -0.355 e. The zero-order valence-corrected chi connectivity index (χ0v) is 11.4. The van der Waals surface area contributed by atoms with Gasteiger partial charge in [-0.25, -0.2) is 0 Å². The Hall–Kier alpha value is -1.94. The summed E-state index contributed by atoms with van der Waals surface area (Å²) in [4.78, 5) is 16.1. The van der Waals surface area contributed by atoms with Gasteiger partial charge in [-0.2, -0.15) is 0 Å². The monoisotopic (exact) mass is 269 g/mol. The molecule has 1 aliphatic rings. The highest BCUT2D eigenvalue weighted by atomic mass is 16.1. The van der Waals surface area contributed by atoms with Crippen LogP contribution >= 0.6 is 0 Å². The summed E-state index contributed by atoms with van der Waals surface area (Å²) in [5, 5.41) is 7.31. The molecule has 0 spiro atoms. The van der Waals surface area contributed by atoms with Crippen LogP contribution in [0.1, 0.15) is 18.4 Å². The summed E-state index contributed by atoms with van der Waals surface area (Å²) in [6.45, 7) is 1.08. The quantitative estimate of drug-likeness (QED) is 0.838. The van der Waals surface area contributed by atoms with Crippen molar-refractivity contribution in [2.24, 2.45) is 0 Å². The van der Waals surface area contributed by atoms with Gasteiger partial charge in [-0.15, -0.1) is 0 Å². The normalized spacial score (nSPS) is 14.4. The molecule has 1 amide bonds. The van der Waals surface area contributed by atoms with Gasteiger partial charge in [-0.05, 0) is 30.9 Å². The molecule has 1 aliphatic carbocycles. The van der Waals surface area contributed by atoms with E-state index in [0.717, 1.165) is 17.3 Å². The number of para-hydroxylation sites is 1. The molecule has 1 heterocycles. The number of hydrogen-bond acceptors (Lipinski definition) is 3. The van der Waals surface area contributed by atoms with E-state index in [1.54, 1.807) is 0 Å². The molecule has 1 fully saturated rings. The topological polar surface area (TPSA) is 54.0 Å². The van der Waals surface area contributed by atoms with Crippen LogP contribution in [-0.2, 0) is 11.2 Å². The summed E-state index contributed by atoms with van der Waals surface area (Å²) in [5.41, 5.74) is 2.21. The number of carbonyl (C=O) groups excluding carboxylic acids is 1. The Morgan fingerprint density at radius 3 is 2.95 bits per heavy atom. The van der Waals surface area contributed by atoms with Crippen molar-refractivity contribution in [2.75, 3.05) is 13.1 Å². The highest BCUT2D eigenvalue weighted by Gasteiger charge is 2.20. The van der Waals surface area contributed by atoms with E-state index in [-0.39, 0.29) is 5.91 Å². The number of carbonyl (C=O) groups is 1. The number of pyridine rings is 1. The fourth-order valence-electron chi connectivity index (χ4n) is 2.29. The molecule has 4 heteroatoms. The van der Waals surface area contributed by atoms with Crippen molar-refractivity contribution in [3.63, 3.8) is 0 Å². The average Bonchev–Trinajstić information content (AvgIpc) is 3.30. The maximum atomic E-state index is 11.6. The van der Waals surface area contributed by atoms with Crippen molar-refractivity contribution >= 4 is 16.8 Å². The standard InChI is InChI=1S/C16H19N3O/c20-15(11-19-14-6-7-14)17-10-8-13-4-1-3-12-5-2-9-18-16(12)13/h1-5,9,14,19H,6-8,10-11H2,(H,17,20). The van der Waals surface area contributed by atoms with Crippen molar-refractivity contribution in [1.29, 1.82) is 0 Å². The fourth-order valence-corrected chi connectivity index (χ4v) is 2.29. The lowest BCUT2D eigenvalue weighted by atomic mass is 10.1. The molecule has 0 unspecified atom stereocenters. The number of fused-ring (bicyclic) bond motifs is 1. The van der Waals surface area contributed by atoms with Crippen LogP contribution in [0.2, 0.25) is 0 Å². The summed E-state index contributed by atoms with van der Waals surface area (Å²) in [5.74, 6) is 0.0742. The third-order valence-electron chi connectivity index (χ3n) is 3.56. The van der Waals surface area contributed by atoms with Crippen LogP contribution < -0.4 is 10.6 Å². The average molecular weight is 269 g/mol. The van der Waals surface area contributed by atoms with Crippen molar-refractivity contribution in [1.82, 2.24) is 15.6 Å². The summed E-state index contributed by atoms with van der Waals surface area (Å²) in [6.07, 6.45) is 5.03. The van der Waals surface area contributed by atoms with Gasteiger partial charge < -0.3 is 10.6 Å². The Labute approximate surface area is 118 Å². The molecule has 0 radical (unpaired) electrons. The molecular weight excluding hydrogens is 250 g/mol. The number of hydrogen-bond donors (Lipinski definition) is 2. The van der Waals surface area contributed by atoms with E-state index >= 15 is 0 Å². The lowest BCUT2D eigenvalue weighted by Crippen LogP contribution is -2.35. The zero-order chi connectivity index (χ0) is 13.8. The van der Waals surface area contributed by atoms with Gasteiger partial charge in [-0.3, -0.25) is 9.78 Å². The maximum absolute atomic E-state index is 11.6. The second kappa shape index (κ2) is 6.01. The van der Waals surface area contributed by atoms with Gasteiger partial charge >= 0.3 is 0 Å². The molecule has 0 saturated heterocycles. The Bertz CT molecular complexity index is 602. The molecule has 1 saturated carbocycles. The van der Waals surface area contributed by atoms with E-state index in [9.17, 15) is 4.79 Å². The molecule has 0 atom stereocenters. The Morgan fingerprint density at radius 1 is 1.25 bits per heavy atom. The lowest BCUT2D eigenvalue weighted by Gasteiger charge is -2.08. The molecule has 2 N–H and O–H groups in total. The molecule has 3 rings (SSSR count). The Balaban J connectivity index is 1.52. The van der Waals surface area contributed by atoms with E-state index in [0.29, 0.717) is 19.1 Å². The predicted molar refractivity (Wildman–Crippen MR) is 79.5 cm³/mol. The number of nitrogens with one attached hydrogen (secondary N) is 2. The van der Waals surface area contributed by atoms with Crippen LogP contribution in [0.25, 0.3) is 10.9 Å². The predicted octanol–water partition coefficient (Wildman–Crippen LogP) is 1.65. The van der Waals surface area contributed by atoms with Gasteiger partial charge in [0.1, 0.15) is 0 Å². The first-order valence-electron chi connectivity index (χ1n) is 7.15. The number of aromatic nitrogens is 1. The Kier molecular flexibility index (Phi) is 3.92. The summed E-state index contributed by atoms with van der Waals surface area (Å²) in [6, 6.07) is 10.7. The summed E-state index contributed by atoms with van der Waals surface area (Å²) >= 11 is 0. The maximum Gasteiger partial charge on any atom is 0.233 e. The van der Waals surface area contributed by atoms with Crippen LogP contribution in [-0.4, -0.2) is 30.0 Å². The third-order valence-corrected chi connectivity index (χ3v) is 3.56. The van der Waals surface area contributed by atoms with E-state index in [2.05, 4.69) is 33.8 Å². The molecule has 1 aromatic heterocycles. The highest BCUT2D eigenvalue weighted by Crippen LogP contribution is 2.18. The minimum absolute atomic E-state index is 0.0742. The van der Waals surface area contributed by atoms with Crippen molar-refractivity contribution in [3.8, 4) is 0 Å². The molecule has 2 aromatic rings. The SMILES string of the molecule is O=C(CNC1CC1)NCCc1cccc2cccnc12. The number of nitrogens with zero attached hydrogens (tertiary/aromatic N) is 1. The molecule has 0 bridgehead atoms. The summed E-state index contributed by atoms with van der Waals surface area (Å²) in [7, 11) is 0. The molecule has 1 aromatic carbocycles. The van der Waals surface area contributed by atoms with E-state index < -0.39 is 0 Å². The van der Waals surface area contributed by atoms with Gasteiger partial charge in [0, 0.05) is 24.2 Å². The number of amides is 1. The van der Waals surface area contributed by atoms with Gasteiger partial charge in [0.25, 0.3) is 0 Å². The summed E-state index contributed by atoms with van der Waals surface area (Å²) < 4.78 is 0. The van der Waals surface area contributed by atoms with Crippen LogP contribution in [0.15, 0.2) is 36.5 Å². The second-order valence-corrected chi connectivity index (χ2v) is 5.25. The molecule has 104 valence electrons. The van der Waals surface area contributed by atoms with Gasteiger partial charge in [0.05, 0.1) is 12.1 Å². The zero-order valence-electron chi connectivity index (χ0n) is 11.4. The molecule has 4 nitrogen and oxygen atoms in total. The first kappa shape index (κ1) is 13.1. The molecule has 20 heavy (non-hydrogen) atoms. The minimum atomic E-state index is 0.0742. The highest BCUT2D eigenvalue weighted by molar-refractivity contribution is 5.81. The van der Waals surface area contributed by atoms with Crippen LogP contribution in [0.3, 0.4) is 0 Å². The first-order chi connectivity index (χ1) is 9.83. The van der Waals surface area contributed by atoms with Gasteiger partial charge in [0.2, 0.25) is 5.91 Å². The van der Waals surface area contributed by atoms with E-state index in [4.69, 9.17) is 0 Å². The van der Waals surface area contributed by atoms with Crippen LogP contribution in [0.4, 0.5) is 0 Å². The van der Waals surface area contributed by atoms with E-state index in [1.165, 1.54) is 18.4 Å². The second-order valence-electron chi connectivity index (χ2n) is 5.25. The van der Waals surface area contributed by atoms with Crippen molar-refractivity contribution in [3.05, 3.63) is 42.1 Å². The Morgan fingerprint density at radius 2 is 2.10 bits per heavy atom. The number of benzene rings is 1. The third kappa shape index (κ3) is 3.33. The molecular formula is C16H19N3O. The van der Waals surface area contributed by atoms with Gasteiger partial charge in [-0.1, -0.05) is 24.3 Å². The van der Waals surface area contributed by atoms with Crippen molar-refractivity contribution in [2.45, 2.75) is 25.3 Å². The van der Waals surface area contributed by atoms with Crippen LogP contribution in [0, 0.1) is 0 Å². The fraction of sp³-hybridized carbons (Fsp3) is 0.375. The lowest BCUT2D eigenvalue weighted by molar-refractivity contribution is -0.120. The van der Waals surface area contributed by atoms with Crippen LogP contribution in [0.5, 0.6) is 0 Å². The van der Waals surface area contributed by atoms with Gasteiger partial charge in [0.15, 0.2) is 0 Å². The first-order valence-corrected chi connectivity index (χ1v) is 7.15. The number of rotatable bonds is 6.